The van der Waals surface area contributed by atoms with Crippen molar-refractivity contribution in [2.24, 2.45) is 5.73 Å². The number of rotatable bonds is 6. The number of nitrogens with one attached hydrogen (secondary N) is 2. The summed E-state index contributed by atoms with van der Waals surface area (Å²) in [6.45, 7) is 2.14. The zero-order chi connectivity index (χ0) is 28.8. The van der Waals surface area contributed by atoms with Crippen molar-refractivity contribution >= 4 is 29.1 Å². The Kier molecular flexibility index (Phi) is 8.56. The Bertz CT molecular complexity index is 1440. The van der Waals surface area contributed by atoms with E-state index in [1.807, 2.05) is 6.07 Å². The van der Waals surface area contributed by atoms with Crippen molar-refractivity contribution in [3.05, 3.63) is 89.2 Å². The molecule has 5 rings (SSSR count). The van der Waals surface area contributed by atoms with E-state index >= 15 is 0 Å². The average molecular weight is 552 g/mol. The standard InChI is InChI=1S/C31H33N7O3/c32-20-21-1-3-22(4-2-21)29(39)36-27-19-24(30(40)35-26-8-6-25(33)7-9-26)5-10-28(27)37-15-17-38(18-16-37)31(41)23-11-13-34-14-12-23/h1-5,10-14,19,25-26H,6-9,15-18,33H2,(H,35,40)(H,36,39). The molecule has 2 aromatic carbocycles. The van der Waals surface area contributed by atoms with Gasteiger partial charge in [-0.3, -0.25) is 19.4 Å². The molecule has 0 unspecified atom stereocenters. The lowest BCUT2D eigenvalue weighted by molar-refractivity contribution is 0.0746. The van der Waals surface area contributed by atoms with Crippen molar-refractivity contribution < 1.29 is 14.4 Å². The zero-order valence-electron chi connectivity index (χ0n) is 22.8. The van der Waals surface area contributed by atoms with Gasteiger partial charge in [0.1, 0.15) is 0 Å². The number of hydrogen-bond donors (Lipinski definition) is 3. The molecule has 10 nitrogen and oxygen atoms in total. The third kappa shape index (κ3) is 6.70. The number of pyridine rings is 1. The third-order valence-electron chi connectivity index (χ3n) is 7.73. The van der Waals surface area contributed by atoms with Crippen LogP contribution in [-0.4, -0.2) is 65.9 Å². The Morgan fingerprint density at radius 1 is 0.829 bits per heavy atom. The minimum absolute atomic E-state index is 0.0444. The molecule has 0 atom stereocenters. The zero-order valence-corrected chi connectivity index (χ0v) is 22.8. The number of nitrogens with two attached hydrogens (primary N) is 1. The molecule has 1 aliphatic carbocycles. The van der Waals surface area contributed by atoms with E-state index in [4.69, 9.17) is 11.0 Å². The molecule has 1 aromatic heterocycles. The van der Waals surface area contributed by atoms with Gasteiger partial charge in [0.25, 0.3) is 17.7 Å². The first-order valence-electron chi connectivity index (χ1n) is 13.9. The van der Waals surface area contributed by atoms with Crippen LogP contribution in [0.25, 0.3) is 0 Å². The molecule has 4 N–H and O–H groups in total. The van der Waals surface area contributed by atoms with Crippen LogP contribution in [-0.2, 0) is 0 Å². The number of carbonyl (C=O) groups is 3. The number of hydrogen-bond acceptors (Lipinski definition) is 7. The fourth-order valence-electron chi connectivity index (χ4n) is 5.30. The number of nitrogens with zero attached hydrogens (tertiary/aromatic N) is 4. The number of amides is 3. The maximum absolute atomic E-state index is 13.2. The summed E-state index contributed by atoms with van der Waals surface area (Å²) in [5.41, 5.74) is 9.19. The van der Waals surface area contributed by atoms with E-state index in [1.165, 1.54) is 0 Å². The van der Waals surface area contributed by atoms with Crippen LogP contribution in [0.15, 0.2) is 67.0 Å². The predicted octanol–water partition coefficient (Wildman–Crippen LogP) is 3.17. The van der Waals surface area contributed by atoms with Gasteiger partial charge in [0, 0.05) is 67.3 Å². The van der Waals surface area contributed by atoms with Crippen LogP contribution in [0.4, 0.5) is 11.4 Å². The number of piperazine rings is 1. The van der Waals surface area contributed by atoms with Gasteiger partial charge in [-0.2, -0.15) is 5.26 Å². The molecule has 3 amide bonds. The summed E-state index contributed by atoms with van der Waals surface area (Å²) in [6.07, 6.45) is 6.66. The lowest BCUT2D eigenvalue weighted by Crippen LogP contribution is -2.49. The van der Waals surface area contributed by atoms with Gasteiger partial charge in [-0.15, -0.1) is 0 Å². The van der Waals surface area contributed by atoms with Crippen LogP contribution >= 0.6 is 0 Å². The molecule has 210 valence electrons. The molecule has 2 heterocycles. The van der Waals surface area contributed by atoms with Gasteiger partial charge in [0.15, 0.2) is 0 Å². The predicted molar refractivity (Wildman–Crippen MR) is 156 cm³/mol. The van der Waals surface area contributed by atoms with Gasteiger partial charge in [-0.05, 0) is 80.3 Å². The number of benzene rings is 2. The molecule has 0 spiro atoms. The van der Waals surface area contributed by atoms with Gasteiger partial charge in [0.2, 0.25) is 0 Å². The molecule has 1 saturated carbocycles. The summed E-state index contributed by atoms with van der Waals surface area (Å²) < 4.78 is 0. The van der Waals surface area contributed by atoms with Gasteiger partial charge >= 0.3 is 0 Å². The Morgan fingerprint density at radius 2 is 1.49 bits per heavy atom. The Morgan fingerprint density at radius 3 is 2.15 bits per heavy atom. The lowest BCUT2D eigenvalue weighted by atomic mass is 9.91. The minimum Gasteiger partial charge on any atom is -0.366 e. The van der Waals surface area contributed by atoms with E-state index in [0.717, 1.165) is 31.4 Å². The summed E-state index contributed by atoms with van der Waals surface area (Å²) in [7, 11) is 0. The monoisotopic (exact) mass is 551 g/mol. The van der Waals surface area contributed by atoms with Crippen LogP contribution in [0.1, 0.15) is 62.3 Å². The van der Waals surface area contributed by atoms with Gasteiger partial charge in [0.05, 0.1) is 23.0 Å². The quantitative estimate of drug-likeness (QED) is 0.427. The van der Waals surface area contributed by atoms with E-state index in [2.05, 4.69) is 26.6 Å². The first kappa shape index (κ1) is 27.8. The molecular formula is C31H33N7O3. The number of carbonyl (C=O) groups excluding carboxylic acids is 3. The van der Waals surface area contributed by atoms with Crippen molar-refractivity contribution in [1.29, 1.82) is 5.26 Å². The fourth-order valence-corrected chi connectivity index (χ4v) is 5.30. The van der Waals surface area contributed by atoms with E-state index < -0.39 is 0 Å². The molecule has 10 heteroatoms. The van der Waals surface area contributed by atoms with Gasteiger partial charge < -0.3 is 26.2 Å². The van der Waals surface area contributed by atoms with Crippen LogP contribution in [0.2, 0.25) is 0 Å². The molecule has 2 fully saturated rings. The summed E-state index contributed by atoms with van der Waals surface area (Å²) in [5, 5.41) is 15.2. The highest BCUT2D eigenvalue weighted by atomic mass is 16.2. The number of anilines is 2. The second-order valence-electron chi connectivity index (χ2n) is 10.5. The third-order valence-corrected chi connectivity index (χ3v) is 7.73. The highest BCUT2D eigenvalue weighted by Crippen LogP contribution is 2.30. The molecule has 1 aliphatic heterocycles. The van der Waals surface area contributed by atoms with E-state index in [0.29, 0.717) is 54.1 Å². The summed E-state index contributed by atoms with van der Waals surface area (Å²) in [6, 6.07) is 17.4. The maximum Gasteiger partial charge on any atom is 0.255 e. The second kappa shape index (κ2) is 12.6. The second-order valence-corrected chi connectivity index (χ2v) is 10.5. The highest BCUT2D eigenvalue weighted by molar-refractivity contribution is 6.07. The summed E-state index contributed by atoms with van der Waals surface area (Å²) in [5.74, 6) is -0.586. The summed E-state index contributed by atoms with van der Waals surface area (Å²) in [4.78, 5) is 47.2. The molecule has 2 aliphatic rings. The van der Waals surface area contributed by atoms with Crippen LogP contribution in [0.3, 0.4) is 0 Å². The molecule has 41 heavy (non-hydrogen) atoms. The van der Waals surface area contributed by atoms with Crippen LogP contribution in [0, 0.1) is 11.3 Å². The fraction of sp³-hybridized carbons (Fsp3) is 0.323. The molecule has 0 radical (unpaired) electrons. The van der Waals surface area contributed by atoms with Gasteiger partial charge in [-0.1, -0.05) is 0 Å². The number of nitriles is 1. The Labute approximate surface area is 239 Å². The average Bonchev–Trinajstić information content (AvgIpc) is 3.02. The minimum atomic E-state index is -0.346. The van der Waals surface area contributed by atoms with Gasteiger partial charge in [-0.25, -0.2) is 0 Å². The SMILES string of the molecule is N#Cc1ccc(C(=O)Nc2cc(C(=O)NC3CCC(N)CC3)ccc2N2CCN(C(=O)c3ccncc3)CC2)cc1. The van der Waals surface area contributed by atoms with Crippen molar-refractivity contribution in [2.45, 2.75) is 37.8 Å². The normalized spacial score (nSPS) is 18.7. The largest absolute Gasteiger partial charge is 0.366 e. The van der Waals surface area contributed by atoms with Crippen molar-refractivity contribution in [3.8, 4) is 6.07 Å². The van der Waals surface area contributed by atoms with Crippen LogP contribution < -0.4 is 21.3 Å². The van der Waals surface area contributed by atoms with Crippen molar-refractivity contribution in [2.75, 3.05) is 36.4 Å². The first-order valence-corrected chi connectivity index (χ1v) is 13.9. The van der Waals surface area contributed by atoms with Crippen molar-refractivity contribution in [3.63, 3.8) is 0 Å². The van der Waals surface area contributed by atoms with Crippen molar-refractivity contribution in [1.82, 2.24) is 15.2 Å². The molecule has 0 bridgehead atoms. The molecule has 1 saturated heterocycles. The Balaban J connectivity index is 1.34. The number of aromatic nitrogens is 1. The summed E-state index contributed by atoms with van der Waals surface area (Å²) >= 11 is 0. The first-order chi connectivity index (χ1) is 19.9. The smallest absolute Gasteiger partial charge is 0.255 e. The van der Waals surface area contributed by atoms with E-state index in [-0.39, 0.29) is 29.8 Å². The molecule has 3 aromatic rings. The van der Waals surface area contributed by atoms with E-state index in [1.54, 1.807) is 65.8 Å². The maximum atomic E-state index is 13.2. The molecular weight excluding hydrogens is 518 g/mol. The Hall–Kier alpha value is -4.75. The highest BCUT2D eigenvalue weighted by Gasteiger charge is 2.26. The topological polar surface area (TPSA) is 144 Å². The van der Waals surface area contributed by atoms with Crippen LogP contribution in [0.5, 0.6) is 0 Å². The van der Waals surface area contributed by atoms with E-state index in [9.17, 15) is 14.4 Å². The lowest BCUT2D eigenvalue weighted by Gasteiger charge is -2.37.